The largest absolute Gasteiger partial charge is 0.493 e. The standard InChI is InChI=1S/C32H29ClN2O6/c1-4-5-6-13-38-26-11-7-19(14-28(26)37-3)29-22-10-9-21(16-27(22)41-31(35)24(29)17-34)39-32(36)30-18(2)23-15-20(33)8-12-25(23)40-30/h7-12,14-16,29H,4-6,13,35H2,1-3H3. The van der Waals surface area contributed by atoms with E-state index in [1.807, 2.05) is 18.2 Å². The van der Waals surface area contributed by atoms with Gasteiger partial charge < -0.3 is 29.1 Å². The molecule has 0 radical (unpaired) electrons. The van der Waals surface area contributed by atoms with Crippen LogP contribution in [0.4, 0.5) is 0 Å². The fraction of sp³-hybridized carbons (Fsp3) is 0.250. The van der Waals surface area contributed by atoms with Crippen LogP contribution in [0, 0.1) is 18.3 Å². The summed E-state index contributed by atoms with van der Waals surface area (Å²) in [7, 11) is 1.57. The van der Waals surface area contributed by atoms with E-state index in [0.717, 1.165) is 30.2 Å². The van der Waals surface area contributed by atoms with Crippen LogP contribution in [0.25, 0.3) is 11.0 Å². The van der Waals surface area contributed by atoms with Crippen molar-refractivity contribution in [2.75, 3.05) is 13.7 Å². The van der Waals surface area contributed by atoms with Crippen LogP contribution in [0.2, 0.25) is 5.02 Å². The molecule has 8 nitrogen and oxygen atoms in total. The number of aryl methyl sites for hydroxylation is 1. The SMILES string of the molecule is CCCCCOc1ccc(C2C(C#N)=C(N)Oc3cc(OC(=O)c4oc5ccc(Cl)cc5c4C)ccc32)cc1OC. The second-order valence-electron chi connectivity index (χ2n) is 9.68. The topological polar surface area (TPSA) is 117 Å². The van der Waals surface area contributed by atoms with Gasteiger partial charge in [-0.15, -0.1) is 0 Å². The molecule has 0 saturated carbocycles. The Morgan fingerprint density at radius 2 is 1.93 bits per heavy atom. The molecular formula is C32H29ClN2O6. The van der Waals surface area contributed by atoms with Crippen LogP contribution in [0.3, 0.4) is 0 Å². The lowest BCUT2D eigenvalue weighted by atomic mass is 9.83. The molecule has 1 atom stereocenters. The zero-order valence-corrected chi connectivity index (χ0v) is 23.7. The Balaban J connectivity index is 1.44. The van der Waals surface area contributed by atoms with Crippen LogP contribution in [-0.4, -0.2) is 19.7 Å². The van der Waals surface area contributed by atoms with Crippen LogP contribution in [0.15, 0.2) is 70.5 Å². The number of unbranched alkanes of at least 4 members (excludes halogenated alkanes) is 2. The van der Waals surface area contributed by atoms with E-state index in [2.05, 4.69) is 13.0 Å². The van der Waals surface area contributed by atoms with Crippen molar-refractivity contribution in [2.45, 2.75) is 39.0 Å². The van der Waals surface area contributed by atoms with E-state index >= 15 is 0 Å². The molecule has 2 heterocycles. The molecule has 0 spiro atoms. The average Bonchev–Trinajstić information content (AvgIpc) is 3.30. The van der Waals surface area contributed by atoms with Crippen LogP contribution in [-0.2, 0) is 0 Å². The third-order valence-electron chi connectivity index (χ3n) is 7.01. The minimum Gasteiger partial charge on any atom is -0.493 e. The van der Waals surface area contributed by atoms with E-state index in [-0.39, 0.29) is 23.0 Å². The van der Waals surface area contributed by atoms with E-state index < -0.39 is 11.9 Å². The quantitative estimate of drug-likeness (QED) is 0.125. The average molecular weight is 573 g/mol. The number of nitrogens with two attached hydrogens (primary N) is 1. The summed E-state index contributed by atoms with van der Waals surface area (Å²) < 4.78 is 28.7. The smallest absolute Gasteiger partial charge is 0.379 e. The molecule has 0 aliphatic carbocycles. The van der Waals surface area contributed by atoms with Crippen molar-refractivity contribution < 1.29 is 28.2 Å². The molecule has 41 heavy (non-hydrogen) atoms. The zero-order chi connectivity index (χ0) is 29.1. The Morgan fingerprint density at radius 1 is 1.10 bits per heavy atom. The van der Waals surface area contributed by atoms with Gasteiger partial charge in [0.1, 0.15) is 28.7 Å². The number of benzene rings is 3. The van der Waals surface area contributed by atoms with Gasteiger partial charge in [-0.25, -0.2) is 4.79 Å². The van der Waals surface area contributed by atoms with Gasteiger partial charge in [-0.2, -0.15) is 5.26 Å². The van der Waals surface area contributed by atoms with Crippen molar-refractivity contribution >= 4 is 28.5 Å². The highest BCUT2D eigenvalue weighted by Gasteiger charge is 2.32. The van der Waals surface area contributed by atoms with Crippen molar-refractivity contribution in [3.05, 3.63) is 93.5 Å². The molecule has 4 aromatic rings. The highest BCUT2D eigenvalue weighted by atomic mass is 35.5. The van der Waals surface area contributed by atoms with E-state index in [1.54, 1.807) is 50.4 Å². The summed E-state index contributed by atoms with van der Waals surface area (Å²) in [5.41, 5.74) is 9.06. The van der Waals surface area contributed by atoms with Gasteiger partial charge in [0.05, 0.1) is 19.6 Å². The number of nitrogens with zero attached hydrogens (tertiary/aromatic N) is 1. The minimum atomic E-state index is -0.664. The summed E-state index contributed by atoms with van der Waals surface area (Å²) in [6.45, 7) is 4.49. The van der Waals surface area contributed by atoms with Gasteiger partial charge in [-0.3, -0.25) is 0 Å². The van der Waals surface area contributed by atoms with Crippen molar-refractivity contribution in [3.63, 3.8) is 0 Å². The van der Waals surface area contributed by atoms with Crippen LogP contribution < -0.4 is 24.7 Å². The second kappa shape index (κ2) is 11.9. The predicted octanol–water partition coefficient (Wildman–Crippen LogP) is 7.41. The minimum absolute atomic E-state index is 0.0302. The molecule has 1 aliphatic rings. The van der Waals surface area contributed by atoms with Gasteiger partial charge in [0.2, 0.25) is 11.6 Å². The highest BCUT2D eigenvalue weighted by Crippen LogP contribution is 2.45. The first kappa shape index (κ1) is 27.9. The molecule has 0 amide bonds. The van der Waals surface area contributed by atoms with Crippen LogP contribution >= 0.6 is 11.6 Å². The Labute approximate surface area is 242 Å². The maximum absolute atomic E-state index is 13.0. The fourth-order valence-corrected chi connectivity index (χ4v) is 5.07. The molecule has 1 aromatic heterocycles. The fourth-order valence-electron chi connectivity index (χ4n) is 4.90. The number of ether oxygens (including phenoxy) is 4. The van der Waals surface area contributed by atoms with Gasteiger partial charge in [0.25, 0.3) is 0 Å². The number of nitriles is 1. The molecule has 1 aliphatic heterocycles. The molecule has 9 heteroatoms. The molecule has 2 N–H and O–H groups in total. The second-order valence-corrected chi connectivity index (χ2v) is 10.1. The van der Waals surface area contributed by atoms with E-state index in [0.29, 0.717) is 45.6 Å². The predicted molar refractivity (Wildman–Crippen MR) is 155 cm³/mol. The lowest BCUT2D eigenvalue weighted by Crippen LogP contribution is -2.21. The van der Waals surface area contributed by atoms with Crippen molar-refractivity contribution in [2.24, 2.45) is 5.73 Å². The number of hydrogen-bond donors (Lipinski definition) is 1. The van der Waals surface area contributed by atoms with E-state index in [1.165, 1.54) is 0 Å². The number of methoxy groups -OCH3 is 1. The summed E-state index contributed by atoms with van der Waals surface area (Å²) >= 11 is 6.10. The number of fused-ring (bicyclic) bond motifs is 2. The molecule has 0 bridgehead atoms. The normalized spacial score (nSPS) is 14.3. The number of furan rings is 1. The van der Waals surface area contributed by atoms with Crippen LogP contribution in [0.1, 0.15) is 59.3 Å². The summed E-state index contributed by atoms with van der Waals surface area (Å²) in [4.78, 5) is 13.0. The third-order valence-corrected chi connectivity index (χ3v) is 7.25. The number of carbonyl (C=O) groups excluding carboxylic acids is 1. The molecule has 0 saturated heterocycles. The van der Waals surface area contributed by atoms with Gasteiger partial charge in [-0.1, -0.05) is 43.5 Å². The summed E-state index contributed by atoms with van der Waals surface area (Å²) in [6, 6.07) is 17.8. The summed E-state index contributed by atoms with van der Waals surface area (Å²) in [5, 5.41) is 11.2. The van der Waals surface area contributed by atoms with Gasteiger partial charge in [-0.05, 0) is 55.3 Å². The van der Waals surface area contributed by atoms with Crippen molar-refractivity contribution in [1.29, 1.82) is 5.26 Å². The first-order valence-electron chi connectivity index (χ1n) is 13.3. The summed E-state index contributed by atoms with van der Waals surface area (Å²) in [5.74, 6) is 0.625. The molecule has 5 rings (SSSR count). The maximum Gasteiger partial charge on any atom is 0.379 e. The lowest BCUT2D eigenvalue weighted by Gasteiger charge is -2.27. The number of rotatable bonds is 9. The van der Waals surface area contributed by atoms with E-state index in [4.69, 9.17) is 40.7 Å². The number of carbonyl (C=O) groups is 1. The van der Waals surface area contributed by atoms with Gasteiger partial charge >= 0.3 is 5.97 Å². The molecular weight excluding hydrogens is 544 g/mol. The Hall–Kier alpha value is -4.61. The zero-order valence-electron chi connectivity index (χ0n) is 23.0. The van der Waals surface area contributed by atoms with E-state index in [9.17, 15) is 10.1 Å². The molecule has 3 aromatic carbocycles. The van der Waals surface area contributed by atoms with Crippen LogP contribution in [0.5, 0.6) is 23.0 Å². The number of allylic oxidation sites excluding steroid dienone is 1. The molecule has 1 unspecified atom stereocenters. The number of esters is 1. The first-order chi connectivity index (χ1) is 19.8. The van der Waals surface area contributed by atoms with Crippen molar-refractivity contribution in [3.8, 4) is 29.1 Å². The Kier molecular flexibility index (Phi) is 8.09. The molecule has 210 valence electrons. The third kappa shape index (κ3) is 5.54. The van der Waals surface area contributed by atoms with Gasteiger partial charge in [0.15, 0.2) is 11.5 Å². The van der Waals surface area contributed by atoms with Gasteiger partial charge in [0, 0.05) is 27.6 Å². The number of halogens is 1. The Bertz CT molecular complexity index is 1700. The maximum atomic E-state index is 13.0. The first-order valence-corrected chi connectivity index (χ1v) is 13.7. The summed E-state index contributed by atoms with van der Waals surface area (Å²) in [6.07, 6.45) is 3.13. The monoisotopic (exact) mass is 572 g/mol. The highest BCUT2D eigenvalue weighted by molar-refractivity contribution is 6.31. The van der Waals surface area contributed by atoms with Crippen molar-refractivity contribution in [1.82, 2.24) is 0 Å². The number of hydrogen-bond acceptors (Lipinski definition) is 8. The lowest BCUT2D eigenvalue weighted by molar-refractivity contribution is 0.0702. The Morgan fingerprint density at radius 3 is 2.68 bits per heavy atom. The molecule has 0 fully saturated rings.